The van der Waals surface area contributed by atoms with Crippen molar-refractivity contribution < 1.29 is 41.0 Å². The van der Waals surface area contributed by atoms with E-state index in [0.717, 1.165) is 24.8 Å². The number of nitrogens with one attached hydrogen (secondary N) is 1. The second-order valence-corrected chi connectivity index (χ2v) is 9.49. The molecular formula is C24H20F6N4O4. The monoisotopic (exact) mass is 542 g/mol. The van der Waals surface area contributed by atoms with Crippen LogP contribution in [0.25, 0.3) is 16.7 Å². The van der Waals surface area contributed by atoms with Gasteiger partial charge >= 0.3 is 6.18 Å². The first kappa shape index (κ1) is 27.1. The predicted octanol–water partition coefficient (Wildman–Crippen LogP) is 3.36. The molecule has 4 rings (SSSR count). The lowest BCUT2D eigenvalue weighted by Crippen LogP contribution is -2.47. The van der Waals surface area contributed by atoms with Crippen LogP contribution < -0.4 is 15.6 Å². The van der Waals surface area contributed by atoms with E-state index in [4.69, 9.17) is 0 Å². The molecule has 1 unspecified atom stereocenters. The van der Waals surface area contributed by atoms with E-state index in [0.29, 0.717) is 22.9 Å². The normalized spacial score (nSPS) is 16.4. The summed E-state index contributed by atoms with van der Waals surface area (Å²) in [6.07, 6.45) is -6.61. The molecule has 1 aliphatic rings. The van der Waals surface area contributed by atoms with Crippen LogP contribution in [0.5, 0.6) is 0 Å². The van der Waals surface area contributed by atoms with Crippen LogP contribution in [-0.4, -0.2) is 50.8 Å². The Morgan fingerprint density at radius 1 is 1.13 bits per heavy atom. The van der Waals surface area contributed by atoms with E-state index < -0.39 is 75.8 Å². The molecule has 1 fully saturated rings. The van der Waals surface area contributed by atoms with E-state index in [2.05, 4.69) is 10.3 Å². The Morgan fingerprint density at radius 3 is 2.32 bits per heavy atom. The molecule has 1 aromatic carbocycles. The molecule has 0 saturated carbocycles. The number of hydrogen-bond donors (Lipinski definition) is 2. The Hall–Kier alpha value is -3.94. The quantitative estimate of drug-likeness (QED) is 0.482. The molecule has 2 aromatic heterocycles. The number of halogens is 6. The SMILES string of the molecule is CC(C)(CC(F)(F)F)NC(=O)c1cn(-c2c(F)cc(F)cc2F)c2nc(N3CC(O)CC3=O)ccc2c1=O. The molecule has 1 atom stereocenters. The van der Waals surface area contributed by atoms with Gasteiger partial charge in [-0.25, -0.2) is 18.2 Å². The number of aromatic nitrogens is 2. The van der Waals surface area contributed by atoms with E-state index in [1.165, 1.54) is 6.07 Å². The van der Waals surface area contributed by atoms with E-state index in [1.54, 1.807) is 0 Å². The van der Waals surface area contributed by atoms with Gasteiger partial charge < -0.3 is 10.4 Å². The fourth-order valence-electron chi connectivity index (χ4n) is 4.27. The minimum Gasteiger partial charge on any atom is -0.391 e. The number of β-amino-alcohol motifs (C(OH)–C–C–N with tert-alkyl or cyclic N) is 1. The smallest absolute Gasteiger partial charge is 0.391 e. The number of rotatable bonds is 5. The molecule has 202 valence electrons. The summed E-state index contributed by atoms with van der Waals surface area (Å²) in [5.74, 6) is -5.98. The van der Waals surface area contributed by atoms with Crippen molar-refractivity contribution >= 4 is 28.7 Å². The molecule has 2 amide bonds. The van der Waals surface area contributed by atoms with Crippen LogP contribution in [0.1, 0.15) is 37.0 Å². The van der Waals surface area contributed by atoms with Gasteiger partial charge in [-0.3, -0.25) is 23.9 Å². The number of alkyl halides is 3. The molecule has 0 radical (unpaired) electrons. The predicted molar refractivity (Wildman–Crippen MR) is 122 cm³/mol. The van der Waals surface area contributed by atoms with Crippen molar-refractivity contribution in [1.82, 2.24) is 14.9 Å². The minimum atomic E-state index is -4.65. The molecule has 3 heterocycles. The van der Waals surface area contributed by atoms with Crippen molar-refractivity contribution in [3.05, 3.63) is 63.7 Å². The van der Waals surface area contributed by atoms with E-state index in [1.807, 2.05) is 0 Å². The summed E-state index contributed by atoms with van der Waals surface area (Å²) in [5, 5.41) is 11.5. The van der Waals surface area contributed by atoms with Crippen molar-refractivity contribution in [3.63, 3.8) is 0 Å². The molecule has 38 heavy (non-hydrogen) atoms. The zero-order chi connectivity index (χ0) is 28.2. The van der Waals surface area contributed by atoms with Crippen molar-refractivity contribution in [2.75, 3.05) is 11.4 Å². The average Bonchev–Trinajstić information content (AvgIpc) is 3.10. The van der Waals surface area contributed by atoms with Gasteiger partial charge in [0.2, 0.25) is 11.3 Å². The third-order valence-corrected chi connectivity index (χ3v) is 5.78. The minimum absolute atomic E-state index is 0.0846. The molecule has 0 bridgehead atoms. The lowest BCUT2D eigenvalue weighted by Gasteiger charge is -2.27. The highest BCUT2D eigenvalue weighted by molar-refractivity contribution is 5.99. The summed E-state index contributed by atoms with van der Waals surface area (Å²) in [5.41, 5.74) is -5.01. The van der Waals surface area contributed by atoms with E-state index >= 15 is 0 Å². The lowest BCUT2D eigenvalue weighted by atomic mass is 9.99. The van der Waals surface area contributed by atoms with Gasteiger partial charge in [-0.2, -0.15) is 13.2 Å². The van der Waals surface area contributed by atoms with Crippen LogP contribution in [0.3, 0.4) is 0 Å². The molecule has 8 nitrogen and oxygen atoms in total. The number of nitrogens with zero attached hydrogens (tertiary/aromatic N) is 3. The number of aliphatic hydroxyl groups excluding tert-OH is 1. The molecule has 0 spiro atoms. The van der Waals surface area contributed by atoms with Crippen LogP contribution in [0.15, 0.2) is 35.3 Å². The second kappa shape index (κ2) is 9.42. The maximum absolute atomic E-state index is 14.8. The fourth-order valence-corrected chi connectivity index (χ4v) is 4.27. The third-order valence-electron chi connectivity index (χ3n) is 5.78. The van der Waals surface area contributed by atoms with Crippen LogP contribution in [0.2, 0.25) is 0 Å². The van der Waals surface area contributed by atoms with Crippen LogP contribution in [0, 0.1) is 17.5 Å². The average molecular weight is 542 g/mol. The molecule has 1 saturated heterocycles. The van der Waals surface area contributed by atoms with Crippen LogP contribution >= 0.6 is 0 Å². The Labute approximate surface area is 210 Å². The van der Waals surface area contributed by atoms with Gasteiger partial charge in [-0.15, -0.1) is 0 Å². The van der Waals surface area contributed by atoms with Gasteiger partial charge in [-0.05, 0) is 26.0 Å². The lowest BCUT2D eigenvalue weighted by molar-refractivity contribution is -0.146. The Kier molecular flexibility index (Phi) is 6.72. The number of carbonyl (C=O) groups is 2. The van der Waals surface area contributed by atoms with E-state index in [-0.39, 0.29) is 24.2 Å². The third kappa shape index (κ3) is 5.35. The van der Waals surface area contributed by atoms with Crippen molar-refractivity contribution in [2.45, 2.75) is 44.5 Å². The summed E-state index contributed by atoms with van der Waals surface area (Å²) >= 11 is 0. The van der Waals surface area contributed by atoms with Gasteiger partial charge in [0.15, 0.2) is 17.3 Å². The molecule has 0 aliphatic carbocycles. The molecule has 3 aromatic rings. The summed E-state index contributed by atoms with van der Waals surface area (Å²) in [4.78, 5) is 43.6. The number of benzene rings is 1. The summed E-state index contributed by atoms with van der Waals surface area (Å²) < 4.78 is 82.6. The zero-order valence-electron chi connectivity index (χ0n) is 19.9. The van der Waals surface area contributed by atoms with Gasteiger partial charge in [0.1, 0.15) is 22.9 Å². The van der Waals surface area contributed by atoms with E-state index in [9.17, 15) is 45.8 Å². The number of pyridine rings is 2. The maximum atomic E-state index is 14.8. The van der Waals surface area contributed by atoms with Gasteiger partial charge in [0.05, 0.1) is 30.9 Å². The highest BCUT2D eigenvalue weighted by atomic mass is 19.4. The van der Waals surface area contributed by atoms with Crippen molar-refractivity contribution in [1.29, 1.82) is 0 Å². The topological polar surface area (TPSA) is 105 Å². The summed E-state index contributed by atoms with van der Waals surface area (Å²) in [6.45, 7) is 2.01. The first-order chi connectivity index (χ1) is 17.6. The largest absolute Gasteiger partial charge is 0.391 e. The Bertz CT molecular complexity index is 1500. The number of fused-ring (bicyclic) bond motifs is 1. The van der Waals surface area contributed by atoms with Crippen molar-refractivity contribution in [3.8, 4) is 5.69 Å². The van der Waals surface area contributed by atoms with Gasteiger partial charge in [0.25, 0.3) is 5.91 Å². The standard InChI is InChI=1S/C24H20F6N4O4/c1-23(2,10-24(28,29)30)32-22(38)14-9-34(19-15(26)5-11(25)6-16(19)27)21-13(20(14)37)3-4-17(31-21)33-8-12(35)7-18(33)36/h3-6,9,12,35H,7-8,10H2,1-2H3,(H,32,38). The number of anilines is 1. The highest BCUT2D eigenvalue weighted by Crippen LogP contribution is 2.29. The molecule has 14 heteroatoms. The highest BCUT2D eigenvalue weighted by Gasteiger charge is 2.38. The van der Waals surface area contributed by atoms with Gasteiger partial charge in [0, 0.05) is 23.9 Å². The zero-order valence-corrected chi connectivity index (χ0v) is 19.9. The van der Waals surface area contributed by atoms with Crippen LogP contribution in [0.4, 0.5) is 32.2 Å². The Morgan fingerprint density at radius 2 is 1.76 bits per heavy atom. The summed E-state index contributed by atoms with van der Waals surface area (Å²) in [6, 6.07) is 3.01. The maximum Gasteiger partial charge on any atom is 0.391 e. The van der Waals surface area contributed by atoms with Gasteiger partial charge in [-0.1, -0.05) is 0 Å². The van der Waals surface area contributed by atoms with Crippen molar-refractivity contribution in [2.24, 2.45) is 0 Å². The molecule has 1 aliphatic heterocycles. The number of hydrogen-bond acceptors (Lipinski definition) is 5. The number of amides is 2. The molecular weight excluding hydrogens is 522 g/mol. The second-order valence-electron chi connectivity index (χ2n) is 9.49. The first-order valence-electron chi connectivity index (χ1n) is 11.2. The first-order valence-corrected chi connectivity index (χ1v) is 11.2. The Balaban J connectivity index is 1.93. The number of aliphatic hydroxyl groups is 1. The molecule has 2 N–H and O–H groups in total. The number of carbonyl (C=O) groups excluding carboxylic acids is 2. The van der Waals surface area contributed by atoms with Crippen LogP contribution in [-0.2, 0) is 4.79 Å². The summed E-state index contributed by atoms with van der Waals surface area (Å²) in [7, 11) is 0. The fraction of sp³-hybridized carbons (Fsp3) is 0.333.